The van der Waals surface area contributed by atoms with Gasteiger partial charge in [0, 0.05) is 11.3 Å². The normalized spacial score (nSPS) is 9.78. The predicted molar refractivity (Wildman–Crippen MR) is 71.1 cm³/mol. The standard InChI is InChI=1S/C15H14N2O/c1-11-14(17)6-3-7-15(11)18-10-13-5-2-4-12(8-13)9-16/h2-8H,10,17H2,1H3. The number of hydrogen-bond donors (Lipinski definition) is 1. The van der Waals surface area contributed by atoms with Crippen molar-refractivity contribution in [2.45, 2.75) is 13.5 Å². The molecule has 2 aromatic rings. The molecule has 0 aromatic heterocycles. The first-order valence-electron chi connectivity index (χ1n) is 5.67. The van der Waals surface area contributed by atoms with Crippen molar-refractivity contribution in [3.8, 4) is 11.8 Å². The molecule has 3 heteroatoms. The Balaban J connectivity index is 2.12. The lowest BCUT2D eigenvalue weighted by atomic mass is 10.1. The van der Waals surface area contributed by atoms with Crippen molar-refractivity contribution in [1.29, 1.82) is 5.26 Å². The average molecular weight is 238 g/mol. The van der Waals surface area contributed by atoms with Gasteiger partial charge in [0.25, 0.3) is 0 Å². The van der Waals surface area contributed by atoms with Gasteiger partial charge in [0.2, 0.25) is 0 Å². The Bertz CT molecular complexity index is 600. The lowest BCUT2D eigenvalue weighted by Gasteiger charge is -2.10. The topological polar surface area (TPSA) is 59.0 Å². The summed E-state index contributed by atoms with van der Waals surface area (Å²) in [5.74, 6) is 0.775. The quantitative estimate of drug-likeness (QED) is 0.836. The molecule has 18 heavy (non-hydrogen) atoms. The molecule has 0 atom stereocenters. The van der Waals surface area contributed by atoms with Gasteiger partial charge in [-0.25, -0.2) is 0 Å². The molecular weight excluding hydrogens is 224 g/mol. The maximum Gasteiger partial charge on any atom is 0.124 e. The zero-order valence-electron chi connectivity index (χ0n) is 10.2. The Kier molecular flexibility index (Phi) is 3.49. The molecule has 0 aliphatic rings. The van der Waals surface area contributed by atoms with E-state index in [0.717, 1.165) is 22.6 Å². The zero-order valence-corrected chi connectivity index (χ0v) is 10.2. The van der Waals surface area contributed by atoms with Crippen molar-refractivity contribution in [1.82, 2.24) is 0 Å². The molecule has 0 aliphatic heterocycles. The van der Waals surface area contributed by atoms with E-state index in [4.69, 9.17) is 15.7 Å². The Labute approximate surface area is 106 Å². The van der Waals surface area contributed by atoms with Gasteiger partial charge in [-0.2, -0.15) is 5.26 Å². The second-order valence-electron chi connectivity index (χ2n) is 4.07. The monoisotopic (exact) mass is 238 g/mol. The van der Waals surface area contributed by atoms with E-state index in [1.54, 1.807) is 6.07 Å². The molecule has 0 spiro atoms. The van der Waals surface area contributed by atoms with Crippen LogP contribution in [0.25, 0.3) is 0 Å². The summed E-state index contributed by atoms with van der Waals surface area (Å²) < 4.78 is 5.71. The molecule has 2 aromatic carbocycles. The Morgan fingerprint density at radius 2 is 2.00 bits per heavy atom. The van der Waals surface area contributed by atoms with Gasteiger partial charge >= 0.3 is 0 Å². The minimum atomic E-state index is 0.430. The summed E-state index contributed by atoms with van der Waals surface area (Å²) >= 11 is 0. The van der Waals surface area contributed by atoms with Crippen LogP contribution in [0.15, 0.2) is 42.5 Å². The van der Waals surface area contributed by atoms with E-state index in [0.29, 0.717) is 12.2 Å². The summed E-state index contributed by atoms with van der Waals surface area (Å²) in [6.07, 6.45) is 0. The van der Waals surface area contributed by atoms with Crippen LogP contribution < -0.4 is 10.5 Å². The number of nitriles is 1. The Morgan fingerprint density at radius 1 is 1.22 bits per heavy atom. The molecule has 0 amide bonds. The molecule has 3 nitrogen and oxygen atoms in total. The minimum Gasteiger partial charge on any atom is -0.489 e. The molecule has 0 saturated carbocycles. The largest absolute Gasteiger partial charge is 0.489 e. The van der Waals surface area contributed by atoms with Gasteiger partial charge in [-0.1, -0.05) is 18.2 Å². The highest BCUT2D eigenvalue weighted by atomic mass is 16.5. The maximum absolute atomic E-state index is 8.82. The van der Waals surface area contributed by atoms with Gasteiger partial charge in [0.05, 0.1) is 11.6 Å². The number of nitrogens with two attached hydrogens (primary N) is 1. The Morgan fingerprint density at radius 3 is 2.78 bits per heavy atom. The summed E-state index contributed by atoms with van der Waals surface area (Å²) in [6, 6.07) is 15.1. The van der Waals surface area contributed by atoms with Crippen LogP contribution in [0.3, 0.4) is 0 Å². The van der Waals surface area contributed by atoms with Crippen LogP contribution in [0, 0.1) is 18.3 Å². The van der Waals surface area contributed by atoms with Gasteiger partial charge in [0.15, 0.2) is 0 Å². The van der Waals surface area contributed by atoms with Crippen molar-refractivity contribution < 1.29 is 4.74 Å². The van der Waals surface area contributed by atoms with Gasteiger partial charge in [-0.05, 0) is 36.8 Å². The van der Waals surface area contributed by atoms with Crippen LogP contribution in [0.4, 0.5) is 5.69 Å². The second-order valence-corrected chi connectivity index (χ2v) is 4.07. The first-order chi connectivity index (χ1) is 8.70. The van der Waals surface area contributed by atoms with Gasteiger partial charge in [-0.3, -0.25) is 0 Å². The number of rotatable bonds is 3. The molecule has 0 bridgehead atoms. The molecule has 2 N–H and O–H groups in total. The summed E-state index contributed by atoms with van der Waals surface area (Å²) in [5, 5.41) is 8.82. The van der Waals surface area contributed by atoms with Gasteiger partial charge < -0.3 is 10.5 Å². The highest BCUT2D eigenvalue weighted by molar-refractivity contribution is 5.53. The van der Waals surface area contributed by atoms with Gasteiger partial charge in [0.1, 0.15) is 12.4 Å². The number of ether oxygens (including phenoxy) is 1. The van der Waals surface area contributed by atoms with Crippen LogP contribution in [0.5, 0.6) is 5.75 Å². The fraction of sp³-hybridized carbons (Fsp3) is 0.133. The van der Waals surface area contributed by atoms with Crippen molar-refractivity contribution >= 4 is 5.69 Å². The summed E-state index contributed by atoms with van der Waals surface area (Å²) in [7, 11) is 0. The van der Waals surface area contributed by atoms with E-state index in [2.05, 4.69) is 6.07 Å². The first kappa shape index (κ1) is 12.0. The maximum atomic E-state index is 8.82. The predicted octanol–water partition coefficient (Wildman–Crippen LogP) is 3.03. The van der Waals surface area contributed by atoms with E-state index in [-0.39, 0.29) is 0 Å². The third-order valence-corrected chi connectivity index (χ3v) is 2.78. The van der Waals surface area contributed by atoms with E-state index in [9.17, 15) is 0 Å². The molecule has 0 heterocycles. The fourth-order valence-corrected chi connectivity index (χ4v) is 1.68. The average Bonchev–Trinajstić information content (AvgIpc) is 2.41. The third-order valence-electron chi connectivity index (χ3n) is 2.78. The summed E-state index contributed by atoms with van der Waals surface area (Å²) in [5.41, 5.74) is 9.08. The van der Waals surface area contributed by atoms with Crippen LogP contribution >= 0.6 is 0 Å². The third kappa shape index (κ3) is 2.61. The number of nitrogen functional groups attached to an aromatic ring is 1. The van der Waals surface area contributed by atoms with Crippen molar-refractivity contribution in [2.75, 3.05) is 5.73 Å². The van der Waals surface area contributed by atoms with Crippen LogP contribution in [0.1, 0.15) is 16.7 Å². The van der Waals surface area contributed by atoms with Crippen LogP contribution in [0.2, 0.25) is 0 Å². The minimum absolute atomic E-state index is 0.430. The number of nitrogens with zero attached hydrogens (tertiary/aromatic N) is 1. The first-order valence-corrected chi connectivity index (χ1v) is 5.67. The second kappa shape index (κ2) is 5.24. The van der Waals surface area contributed by atoms with Crippen molar-refractivity contribution in [3.05, 3.63) is 59.2 Å². The number of benzene rings is 2. The Hall–Kier alpha value is -2.47. The number of hydrogen-bond acceptors (Lipinski definition) is 3. The van der Waals surface area contributed by atoms with E-state index < -0.39 is 0 Å². The molecule has 90 valence electrons. The highest BCUT2D eigenvalue weighted by Crippen LogP contribution is 2.23. The molecular formula is C15H14N2O. The van der Waals surface area contributed by atoms with Crippen LogP contribution in [-0.2, 0) is 6.61 Å². The van der Waals surface area contributed by atoms with Crippen molar-refractivity contribution in [3.63, 3.8) is 0 Å². The molecule has 0 saturated heterocycles. The smallest absolute Gasteiger partial charge is 0.124 e. The lowest BCUT2D eigenvalue weighted by Crippen LogP contribution is -1.99. The molecule has 0 radical (unpaired) electrons. The van der Waals surface area contributed by atoms with Crippen molar-refractivity contribution in [2.24, 2.45) is 0 Å². The van der Waals surface area contributed by atoms with E-state index in [1.807, 2.05) is 43.3 Å². The molecule has 0 unspecified atom stereocenters. The summed E-state index contributed by atoms with van der Waals surface area (Å²) in [4.78, 5) is 0. The lowest BCUT2D eigenvalue weighted by molar-refractivity contribution is 0.304. The molecule has 0 fully saturated rings. The number of anilines is 1. The highest BCUT2D eigenvalue weighted by Gasteiger charge is 2.03. The SMILES string of the molecule is Cc1c(N)cccc1OCc1cccc(C#N)c1. The molecule has 2 rings (SSSR count). The van der Waals surface area contributed by atoms with Crippen LogP contribution in [-0.4, -0.2) is 0 Å². The van der Waals surface area contributed by atoms with E-state index >= 15 is 0 Å². The molecule has 0 aliphatic carbocycles. The van der Waals surface area contributed by atoms with Gasteiger partial charge in [-0.15, -0.1) is 0 Å². The summed E-state index contributed by atoms with van der Waals surface area (Å²) in [6.45, 7) is 2.36. The fourth-order valence-electron chi connectivity index (χ4n) is 1.68. The zero-order chi connectivity index (χ0) is 13.0. The van der Waals surface area contributed by atoms with E-state index in [1.165, 1.54) is 0 Å².